The summed E-state index contributed by atoms with van der Waals surface area (Å²) in [6.07, 6.45) is -3.55. The third-order valence-electron chi connectivity index (χ3n) is 5.16. The van der Waals surface area contributed by atoms with E-state index in [-0.39, 0.29) is 5.69 Å². The lowest BCUT2D eigenvalue weighted by Crippen LogP contribution is -2.50. The number of piperazine rings is 1. The highest BCUT2D eigenvalue weighted by Crippen LogP contribution is 2.35. The molecule has 0 atom stereocenters. The molecule has 2 amide bonds. The number of alkyl halides is 3. The molecule has 0 radical (unpaired) electrons. The highest BCUT2D eigenvalue weighted by molar-refractivity contribution is 7.22. The van der Waals surface area contributed by atoms with E-state index in [0.717, 1.165) is 27.8 Å². The number of halogens is 3. The highest BCUT2D eigenvalue weighted by Gasteiger charge is 2.34. The number of hydrogen-bond donors (Lipinski definition) is 1. The lowest BCUT2D eigenvalue weighted by Gasteiger charge is -2.34. The van der Waals surface area contributed by atoms with Crippen molar-refractivity contribution in [2.75, 3.05) is 36.4 Å². The molecule has 30 heavy (non-hydrogen) atoms. The molecular formula is C21H21F3N4OS. The third kappa shape index (κ3) is 4.21. The van der Waals surface area contributed by atoms with Gasteiger partial charge in [0, 0.05) is 26.2 Å². The fourth-order valence-corrected chi connectivity index (χ4v) is 4.53. The van der Waals surface area contributed by atoms with Crippen molar-refractivity contribution in [1.29, 1.82) is 0 Å². The van der Waals surface area contributed by atoms with Crippen molar-refractivity contribution in [2.45, 2.75) is 19.5 Å². The first kappa shape index (κ1) is 20.5. The van der Waals surface area contributed by atoms with Gasteiger partial charge >= 0.3 is 12.2 Å². The second kappa shape index (κ2) is 8.14. The molecule has 1 aliphatic rings. The molecule has 0 unspecified atom stereocenters. The number of nitrogens with zero attached hydrogens (tertiary/aromatic N) is 3. The number of thiazole rings is 1. The minimum Gasteiger partial charge on any atom is -0.345 e. The van der Waals surface area contributed by atoms with Crippen LogP contribution in [0.2, 0.25) is 0 Å². The van der Waals surface area contributed by atoms with Crippen LogP contribution in [-0.2, 0) is 12.6 Å². The van der Waals surface area contributed by atoms with E-state index in [0.29, 0.717) is 26.2 Å². The van der Waals surface area contributed by atoms with Crippen molar-refractivity contribution >= 4 is 38.4 Å². The molecule has 2 heterocycles. The predicted molar refractivity (Wildman–Crippen MR) is 113 cm³/mol. The normalized spacial score (nSPS) is 14.9. The standard InChI is InChI=1S/C21H21F3N4OS/c1-2-14-7-8-17-18(13-14)30-20(26-17)28-11-9-27(10-12-28)19(29)25-16-6-4-3-5-15(16)21(22,23)24/h3-8,13H,2,9-12H2,1H3,(H,25,29). The van der Waals surface area contributed by atoms with E-state index in [4.69, 9.17) is 0 Å². The first-order valence-electron chi connectivity index (χ1n) is 9.71. The van der Waals surface area contributed by atoms with Crippen molar-refractivity contribution in [3.05, 3.63) is 53.6 Å². The molecular weight excluding hydrogens is 413 g/mol. The number of carbonyl (C=O) groups excluding carboxylic acids is 1. The van der Waals surface area contributed by atoms with Gasteiger partial charge in [-0.15, -0.1) is 0 Å². The first-order valence-corrected chi connectivity index (χ1v) is 10.5. The Labute approximate surface area is 176 Å². The molecule has 1 N–H and O–H groups in total. The molecule has 0 bridgehead atoms. The van der Waals surface area contributed by atoms with Crippen LogP contribution in [0.4, 0.5) is 28.8 Å². The Hall–Kier alpha value is -2.81. The zero-order valence-corrected chi connectivity index (χ0v) is 17.2. The summed E-state index contributed by atoms with van der Waals surface area (Å²) < 4.78 is 40.5. The van der Waals surface area contributed by atoms with Crippen LogP contribution in [0.3, 0.4) is 0 Å². The fourth-order valence-electron chi connectivity index (χ4n) is 3.45. The monoisotopic (exact) mass is 434 g/mol. The molecule has 9 heteroatoms. The van der Waals surface area contributed by atoms with Crippen LogP contribution in [0.25, 0.3) is 10.2 Å². The maximum absolute atomic E-state index is 13.1. The Morgan fingerprint density at radius 2 is 1.87 bits per heavy atom. The van der Waals surface area contributed by atoms with Crippen molar-refractivity contribution in [3.63, 3.8) is 0 Å². The van der Waals surface area contributed by atoms with Crippen molar-refractivity contribution in [2.24, 2.45) is 0 Å². The van der Waals surface area contributed by atoms with Gasteiger partial charge in [0.15, 0.2) is 5.13 Å². The van der Waals surface area contributed by atoms with E-state index < -0.39 is 17.8 Å². The summed E-state index contributed by atoms with van der Waals surface area (Å²) in [5.41, 5.74) is 1.14. The summed E-state index contributed by atoms with van der Waals surface area (Å²) in [6.45, 7) is 4.09. The molecule has 0 spiro atoms. The molecule has 3 aromatic rings. The summed E-state index contributed by atoms with van der Waals surface area (Å²) in [6, 6.07) is 10.7. The Balaban J connectivity index is 1.41. The number of hydrogen-bond acceptors (Lipinski definition) is 4. The Kier molecular flexibility index (Phi) is 5.55. The van der Waals surface area contributed by atoms with Gasteiger partial charge in [0.05, 0.1) is 21.5 Å². The van der Waals surface area contributed by atoms with Gasteiger partial charge in [-0.1, -0.05) is 36.5 Å². The molecule has 0 aliphatic carbocycles. The smallest absolute Gasteiger partial charge is 0.345 e. The number of carbonyl (C=O) groups is 1. The molecule has 2 aromatic carbocycles. The van der Waals surface area contributed by atoms with Crippen LogP contribution in [0, 0.1) is 0 Å². The van der Waals surface area contributed by atoms with E-state index in [1.807, 2.05) is 6.07 Å². The Morgan fingerprint density at radius 1 is 1.13 bits per heavy atom. The zero-order chi connectivity index (χ0) is 21.3. The van der Waals surface area contributed by atoms with Crippen molar-refractivity contribution in [3.8, 4) is 0 Å². The third-order valence-corrected chi connectivity index (χ3v) is 6.24. The van der Waals surface area contributed by atoms with Crippen molar-refractivity contribution < 1.29 is 18.0 Å². The summed E-state index contributed by atoms with van der Waals surface area (Å²) in [7, 11) is 0. The van der Waals surface area contributed by atoms with Gasteiger partial charge in [-0.05, 0) is 36.2 Å². The topological polar surface area (TPSA) is 48.5 Å². The summed E-state index contributed by atoms with van der Waals surface area (Å²) in [5.74, 6) is 0. The minimum absolute atomic E-state index is 0.227. The molecule has 0 saturated carbocycles. The summed E-state index contributed by atoms with van der Waals surface area (Å²) >= 11 is 1.62. The van der Waals surface area contributed by atoms with Gasteiger partial charge in [0.2, 0.25) is 0 Å². The minimum atomic E-state index is -4.52. The fraction of sp³-hybridized carbons (Fsp3) is 0.333. The lowest BCUT2D eigenvalue weighted by atomic mass is 10.1. The zero-order valence-electron chi connectivity index (χ0n) is 16.4. The van der Waals surface area contributed by atoms with Crippen LogP contribution in [0.5, 0.6) is 0 Å². The maximum Gasteiger partial charge on any atom is 0.418 e. The number of rotatable bonds is 3. The average Bonchev–Trinajstić information content (AvgIpc) is 3.16. The Bertz CT molecular complexity index is 1060. The average molecular weight is 434 g/mol. The SMILES string of the molecule is CCc1ccc2nc(N3CCN(C(=O)Nc4ccccc4C(F)(F)F)CC3)sc2c1. The molecule has 1 saturated heterocycles. The van der Waals surface area contributed by atoms with Crippen LogP contribution >= 0.6 is 11.3 Å². The number of benzene rings is 2. The maximum atomic E-state index is 13.1. The van der Waals surface area contributed by atoms with Gasteiger partial charge in [0.1, 0.15) is 0 Å². The van der Waals surface area contributed by atoms with Crippen LogP contribution in [-0.4, -0.2) is 42.1 Å². The van der Waals surface area contributed by atoms with Crippen molar-refractivity contribution in [1.82, 2.24) is 9.88 Å². The number of amides is 2. The van der Waals surface area contributed by atoms with Crippen LogP contribution in [0.1, 0.15) is 18.1 Å². The predicted octanol–water partition coefficient (Wildman–Crippen LogP) is 5.23. The summed E-state index contributed by atoms with van der Waals surface area (Å²) in [5, 5.41) is 3.31. The van der Waals surface area contributed by atoms with Crippen LogP contribution in [0.15, 0.2) is 42.5 Å². The van der Waals surface area contributed by atoms with E-state index >= 15 is 0 Å². The lowest BCUT2D eigenvalue weighted by molar-refractivity contribution is -0.136. The molecule has 4 rings (SSSR count). The molecule has 158 valence electrons. The number of anilines is 2. The number of fused-ring (bicyclic) bond motifs is 1. The van der Waals surface area contributed by atoms with E-state index in [1.165, 1.54) is 28.7 Å². The number of nitrogens with one attached hydrogen (secondary N) is 1. The van der Waals surface area contributed by atoms with Gasteiger partial charge in [0.25, 0.3) is 0 Å². The molecule has 1 aromatic heterocycles. The highest BCUT2D eigenvalue weighted by atomic mass is 32.1. The number of urea groups is 1. The van der Waals surface area contributed by atoms with Gasteiger partial charge in [-0.2, -0.15) is 13.2 Å². The van der Waals surface area contributed by atoms with Gasteiger partial charge < -0.3 is 15.1 Å². The Morgan fingerprint density at radius 3 is 2.57 bits per heavy atom. The van der Waals surface area contributed by atoms with E-state index in [2.05, 4.69) is 34.3 Å². The van der Waals surface area contributed by atoms with Crippen LogP contribution < -0.4 is 10.2 Å². The molecule has 1 aliphatic heterocycles. The quantitative estimate of drug-likeness (QED) is 0.614. The van der Waals surface area contributed by atoms with Gasteiger partial charge in [-0.25, -0.2) is 9.78 Å². The molecule has 5 nitrogen and oxygen atoms in total. The second-order valence-corrected chi connectivity index (χ2v) is 8.11. The first-order chi connectivity index (χ1) is 14.3. The second-order valence-electron chi connectivity index (χ2n) is 7.10. The summed E-state index contributed by atoms with van der Waals surface area (Å²) in [4.78, 5) is 20.9. The molecule has 1 fully saturated rings. The van der Waals surface area contributed by atoms with E-state index in [9.17, 15) is 18.0 Å². The van der Waals surface area contributed by atoms with E-state index in [1.54, 1.807) is 11.3 Å². The largest absolute Gasteiger partial charge is 0.418 e. The number of aryl methyl sites for hydroxylation is 1. The van der Waals surface area contributed by atoms with Gasteiger partial charge in [-0.3, -0.25) is 0 Å². The number of para-hydroxylation sites is 1. The number of aromatic nitrogens is 1.